The van der Waals surface area contributed by atoms with Gasteiger partial charge >= 0.3 is 5.97 Å². The van der Waals surface area contributed by atoms with E-state index in [1.54, 1.807) is 0 Å². The Kier molecular flexibility index (Phi) is 1.80. The average Bonchev–Trinajstić information content (AvgIpc) is 2.12. The Hall–Kier alpha value is -1.17. The van der Waals surface area contributed by atoms with Gasteiger partial charge in [-0.05, 0) is 25.2 Å². The van der Waals surface area contributed by atoms with E-state index in [0.717, 1.165) is 0 Å². The quantitative estimate of drug-likeness (QED) is 0.550. The third kappa shape index (κ3) is 1.27. The van der Waals surface area contributed by atoms with Crippen LogP contribution >= 0.6 is 0 Å². The summed E-state index contributed by atoms with van der Waals surface area (Å²) in [6.45, 7) is 0. The van der Waals surface area contributed by atoms with Gasteiger partial charge in [-0.1, -0.05) is 0 Å². The highest BCUT2D eigenvalue weighted by Crippen LogP contribution is 2.64. The Balaban J connectivity index is 2.09. The Morgan fingerprint density at radius 2 is 1.94 bits per heavy atom. The number of nitro groups is 1. The molecular formula is C11H15NO5. The third-order valence-electron chi connectivity index (χ3n) is 4.85. The fraction of sp³-hybridized carbons (Fsp3) is 0.909. The molecule has 4 saturated carbocycles. The summed E-state index contributed by atoms with van der Waals surface area (Å²) in [7, 11) is 0. The van der Waals surface area contributed by atoms with Crippen LogP contribution in [0.15, 0.2) is 0 Å². The van der Waals surface area contributed by atoms with Crippen molar-refractivity contribution in [2.45, 2.75) is 49.7 Å². The van der Waals surface area contributed by atoms with Crippen molar-refractivity contribution in [3.8, 4) is 0 Å². The molecule has 2 N–H and O–H groups in total. The van der Waals surface area contributed by atoms with Gasteiger partial charge in [0, 0.05) is 24.2 Å². The highest BCUT2D eigenvalue weighted by Gasteiger charge is 2.71. The van der Waals surface area contributed by atoms with Gasteiger partial charge in [0.05, 0.1) is 11.0 Å². The summed E-state index contributed by atoms with van der Waals surface area (Å²) in [5.41, 5.74) is -3.40. The summed E-state index contributed by atoms with van der Waals surface area (Å²) in [6, 6.07) is 0. The molecule has 4 bridgehead atoms. The summed E-state index contributed by atoms with van der Waals surface area (Å²) >= 11 is 0. The summed E-state index contributed by atoms with van der Waals surface area (Å²) < 4.78 is 0. The predicted octanol–water partition coefficient (Wildman–Crippen LogP) is 0.802. The zero-order chi connectivity index (χ0) is 12.5. The first kappa shape index (κ1) is 11.0. The lowest BCUT2D eigenvalue weighted by molar-refractivity contribution is -0.595. The molecule has 0 aromatic carbocycles. The molecule has 4 aliphatic rings. The molecule has 0 amide bonds. The van der Waals surface area contributed by atoms with Gasteiger partial charge in [0.2, 0.25) is 5.54 Å². The number of carboxylic acid groups (broad SMARTS) is 1. The smallest absolute Gasteiger partial charge is 0.310 e. The molecule has 0 aromatic rings. The van der Waals surface area contributed by atoms with Crippen LogP contribution in [-0.4, -0.2) is 32.2 Å². The standard InChI is InChI=1S/C11H15NO5/c13-8(14)9-1-7-2-10(4-9,12(16)17)6-11(15,3-7)5-9/h7,15H,1-6H2,(H,13,14). The number of aliphatic carboxylic acids is 1. The minimum absolute atomic E-state index is 0.0160. The molecule has 4 aliphatic carbocycles. The van der Waals surface area contributed by atoms with Crippen LogP contribution in [0.1, 0.15) is 38.5 Å². The molecule has 0 aromatic heterocycles. The first-order valence-corrected chi connectivity index (χ1v) is 5.90. The molecule has 4 unspecified atom stereocenters. The normalized spacial score (nSPS) is 51.5. The van der Waals surface area contributed by atoms with Crippen molar-refractivity contribution in [1.82, 2.24) is 0 Å². The molecule has 6 heteroatoms. The molecule has 0 aliphatic heterocycles. The second kappa shape index (κ2) is 2.80. The molecule has 0 heterocycles. The second-order valence-electron chi connectivity index (χ2n) is 6.30. The van der Waals surface area contributed by atoms with Gasteiger partial charge in [0.25, 0.3) is 0 Å². The van der Waals surface area contributed by atoms with Gasteiger partial charge in [-0.15, -0.1) is 0 Å². The SMILES string of the molecule is O=C(O)C12CC3CC(O)(C1)CC([N+](=O)[O-])(C3)C2. The Bertz CT molecular complexity index is 390. The second-order valence-corrected chi connectivity index (χ2v) is 6.30. The van der Waals surface area contributed by atoms with Crippen LogP contribution in [0.4, 0.5) is 0 Å². The lowest BCUT2D eigenvalue weighted by atomic mass is 9.45. The van der Waals surface area contributed by atoms with Gasteiger partial charge in [0.1, 0.15) is 0 Å². The molecule has 17 heavy (non-hydrogen) atoms. The van der Waals surface area contributed by atoms with Crippen LogP contribution in [0.25, 0.3) is 0 Å². The number of hydrogen-bond donors (Lipinski definition) is 2. The number of nitrogens with zero attached hydrogens (tertiary/aromatic N) is 1. The van der Waals surface area contributed by atoms with Crippen molar-refractivity contribution in [3.63, 3.8) is 0 Å². The van der Waals surface area contributed by atoms with Crippen molar-refractivity contribution in [1.29, 1.82) is 0 Å². The number of aliphatic hydroxyl groups is 1. The van der Waals surface area contributed by atoms with Gasteiger partial charge in [-0.2, -0.15) is 0 Å². The predicted molar refractivity (Wildman–Crippen MR) is 55.9 cm³/mol. The van der Waals surface area contributed by atoms with E-state index in [9.17, 15) is 25.1 Å². The van der Waals surface area contributed by atoms with Crippen molar-refractivity contribution >= 4 is 5.97 Å². The van der Waals surface area contributed by atoms with Crippen molar-refractivity contribution < 1.29 is 19.9 Å². The Morgan fingerprint density at radius 1 is 1.24 bits per heavy atom. The van der Waals surface area contributed by atoms with E-state index in [0.29, 0.717) is 19.3 Å². The highest BCUT2D eigenvalue weighted by atomic mass is 16.6. The van der Waals surface area contributed by atoms with E-state index in [2.05, 4.69) is 0 Å². The van der Waals surface area contributed by atoms with E-state index >= 15 is 0 Å². The summed E-state index contributed by atoms with van der Waals surface area (Å²) in [6.07, 6.45) is 1.83. The summed E-state index contributed by atoms with van der Waals surface area (Å²) in [4.78, 5) is 22.3. The monoisotopic (exact) mass is 241 g/mol. The van der Waals surface area contributed by atoms with Crippen LogP contribution < -0.4 is 0 Å². The number of hydrogen-bond acceptors (Lipinski definition) is 4. The summed E-state index contributed by atoms with van der Waals surface area (Å²) in [5, 5.41) is 31.0. The van der Waals surface area contributed by atoms with Crippen LogP contribution in [0.2, 0.25) is 0 Å². The average molecular weight is 241 g/mol. The number of carboxylic acids is 1. The molecule has 6 nitrogen and oxygen atoms in total. The van der Waals surface area contributed by atoms with Gasteiger partial charge in [0.15, 0.2) is 0 Å². The van der Waals surface area contributed by atoms with E-state index < -0.39 is 22.5 Å². The molecule has 0 saturated heterocycles. The van der Waals surface area contributed by atoms with E-state index in [1.807, 2.05) is 0 Å². The molecular weight excluding hydrogens is 226 g/mol. The molecule has 4 atom stereocenters. The number of carbonyl (C=O) groups is 1. The van der Waals surface area contributed by atoms with Crippen molar-refractivity contribution in [2.24, 2.45) is 11.3 Å². The fourth-order valence-electron chi connectivity index (χ4n) is 4.78. The summed E-state index contributed by atoms with van der Waals surface area (Å²) in [5.74, 6) is -0.996. The van der Waals surface area contributed by atoms with E-state index in [-0.39, 0.29) is 30.1 Å². The maximum Gasteiger partial charge on any atom is 0.310 e. The lowest BCUT2D eigenvalue weighted by Crippen LogP contribution is -2.67. The third-order valence-corrected chi connectivity index (χ3v) is 4.85. The zero-order valence-electron chi connectivity index (χ0n) is 9.39. The Labute approximate surface area is 97.8 Å². The minimum atomic E-state index is -1.20. The van der Waals surface area contributed by atoms with Crippen molar-refractivity contribution in [2.75, 3.05) is 0 Å². The maximum absolute atomic E-state index is 11.4. The van der Waals surface area contributed by atoms with E-state index in [4.69, 9.17) is 0 Å². The van der Waals surface area contributed by atoms with Gasteiger partial charge in [-0.3, -0.25) is 14.9 Å². The van der Waals surface area contributed by atoms with Crippen molar-refractivity contribution in [3.05, 3.63) is 10.1 Å². The molecule has 4 rings (SSSR count). The molecule has 0 spiro atoms. The van der Waals surface area contributed by atoms with E-state index in [1.165, 1.54) is 0 Å². The molecule has 0 radical (unpaired) electrons. The lowest BCUT2D eigenvalue weighted by Gasteiger charge is -2.59. The topological polar surface area (TPSA) is 101 Å². The minimum Gasteiger partial charge on any atom is -0.481 e. The maximum atomic E-state index is 11.4. The fourth-order valence-corrected chi connectivity index (χ4v) is 4.78. The number of rotatable bonds is 2. The van der Waals surface area contributed by atoms with Gasteiger partial charge < -0.3 is 10.2 Å². The largest absolute Gasteiger partial charge is 0.481 e. The zero-order valence-corrected chi connectivity index (χ0v) is 9.39. The molecule has 4 fully saturated rings. The van der Waals surface area contributed by atoms with Gasteiger partial charge in [-0.25, -0.2) is 0 Å². The van der Waals surface area contributed by atoms with Crippen LogP contribution in [-0.2, 0) is 4.79 Å². The highest BCUT2D eigenvalue weighted by molar-refractivity contribution is 5.76. The van der Waals surface area contributed by atoms with Crippen LogP contribution in [0.3, 0.4) is 0 Å². The van der Waals surface area contributed by atoms with Crippen LogP contribution in [0.5, 0.6) is 0 Å². The Morgan fingerprint density at radius 3 is 2.47 bits per heavy atom. The first-order chi connectivity index (χ1) is 7.79. The first-order valence-electron chi connectivity index (χ1n) is 5.90. The molecule has 94 valence electrons. The van der Waals surface area contributed by atoms with Crippen LogP contribution in [0, 0.1) is 21.4 Å².